The molecule has 0 saturated carbocycles. The quantitative estimate of drug-likeness (QED) is 0.793. The number of methoxy groups -OCH3 is 1. The molecule has 1 saturated heterocycles. The molecule has 2 aliphatic rings. The van der Waals surface area contributed by atoms with Crippen LogP contribution in [0.1, 0.15) is 35.9 Å². The van der Waals surface area contributed by atoms with Gasteiger partial charge in [0.05, 0.1) is 19.7 Å². The van der Waals surface area contributed by atoms with Crippen molar-refractivity contribution in [2.24, 2.45) is 0 Å². The van der Waals surface area contributed by atoms with E-state index < -0.39 is 0 Å². The number of fused-ring (bicyclic) bond motifs is 2. The predicted molar refractivity (Wildman–Crippen MR) is 109 cm³/mol. The molecule has 0 N–H and O–H groups in total. The van der Waals surface area contributed by atoms with Crippen molar-refractivity contribution in [3.63, 3.8) is 0 Å². The largest absolute Gasteiger partial charge is 0.486 e. The number of aryl methyl sites for hydroxylation is 1. The number of anilines is 1. The van der Waals surface area contributed by atoms with Crippen molar-refractivity contribution in [2.75, 3.05) is 31.6 Å². The Kier molecular flexibility index (Phi) is 4.87. The number of likely N-dealkylation sites (tertiary alicyclic amines) is 1. The first-order valence-corrected chi connectivity index (χ1v) is 10.5. The van der Waals surface area contributed by atoms with E-state index in [4.69, 9.17) is 4.74 Å². The second-order valence-electron chi connectivity index (χ2n) is 7.65. The molecule has 148 valence electrons. The number of rotatable bonds is 4. The summed E-state index contributed by atoms with van der Waals surface area (Å²) in [5.74, 6) is 0.227. The predicted octanol–water partition coefficient (Wildman–Crippen LogP) is 2.93. The molecule has 1 fully saturated rings. The van der Waals surface area contributed by atoms with E-state index in [1.54, 1.807) is 13.3 Å². The van der Waals surface area contributed by atoms with Gasteiger partial charge in [0.25, 0.3) is 0 Å². The van der Waals surface area contributed by atoms with Crippen LogP contribution in [0.2, 0.25) is 0 Å². The summed E-state index contributed by atoms with van der Waals surface area (Å²) in [6.07, 6.45) is 3.33. The molecular weight excluding hydrogens is 374 g/mol. The Hall–Kier alpha value is -2.41. The Labute approximate surface area is 169 Å². The molecule has 6 nitrogen and oxygen atoms in total. The average molecular weight is 400 g/mol. The van der Waals surface area contributed by atoms with Gasteiger partial charge in [-0.25, -0.2) is 4.98 Å². The van der Waals surface area contributed by atoms with E-state index in [2.05, 4.69) is 24.0 Å². The summed E-state index contributed by atoms with van der Waals surface area (Å²) < 4.78 is 5.19. The number of aromatic nitrogens is 1. The fourth-order valence-electron chi connectivity index (χ4n) is 4.36. The normalized spacial score (nSPS) is 20.7. The van der Waals surface area contributed by atoms with Crippen LogP contribution in [0.5, 0.6) is 5.06 Å². The monoisotopic (exact) mass is 399 g/mol. The van der Waals surface area contributed by atoms with Crippen LogP contribution >= 0.6 is 11.3 Å². The Bertz CT molecular complexity index is 925. The maximum atomic E-state index is 13.1. The molecule has 4 rings (SSSR count). The minimum Gasteiger partial charge on any atom is -0.486 e. The molecule has 1 unspecified atom stereocenters. The first-order chi connectivity index (χ1) is 13.5. The van der Waals surface area contributed by atoms with E-state index in [-0.39, 0.29) is 23.7 Å². The topological polar surface area (TPSA) is 62.7 Å². The van der Waals surface area contributed by atoms with Gasteiger partial charge in [-0.1, -0.05) is 36.0 Å². The van der Waals surface area contributed by atoms with Gasteiger partial charge in [0, 0.05) is 37.2 Å². The zero-order chi connectivity index (χ0) is 19.9. The van der Waals surface area contributed by atoms with E-state index in [0.29, 0.717) is 24.6 Å². The van der Waals surface area contributed by atoms with Crippen LogP contribution in [-0.4, -0.2) is 48.4 Å². The highest BCUT2D eigenvalue weighted by Gasteiger charge is 2.49. The van der Waals surface area contributed by atoms with Crippen molar-refractivity contribution in [1.29, 1.82) is 0 Å². The zero-order valence-corrected chi connectivity index (χ0v) is 17.3. The van der Waals surface area contributed by atoms with Gasteiger partial charge in [0.1, 0.15) is 5.01 Å². The smallest absolute Gasteiger partial charge is 0.233 e. The van der Waals surface area contributed by atoms with Gasteiger partial charge in [0.15, 0.2) is 5.06 Å². The van der Waals surface area contributed by atoms with Crippen LogP contribution in [0, 0.1) is 6.92 Å². The van der Waals surface area contributed by atoms with Crippen LogP contribution < -0.4 is 9.64 Å². The van der Waals surface area contributed by atoms with E-state index in [1.807, 2.05) is 22.8 Å². The van der Waals surface area contributed by atoms with Crippen LogP contribution in [0.15, 0.2) is 24.4 Å². The van der Waals surface area contributed by atoms with Gasteiger partial charge in [-0.2, -0.15) is 0 Å². The molecule has 1 spiro atoms. The lowest BCUT2D eigenvalue weighted by atomic mass is 9.81. The second kappa shape index (κ2) is 7.20. The van der Waals surface area contributed by atoms with E-state index in [1.165, 1.54) is 22.5 Å². The number of ether oxygens (including phenoxy) is 1. The van der Waals surface area contributed by atoms with Gasteiger partial charge < -0.3 is 14.5 Å². The minimum atomic E-state index is -0.164. The molecule has 2 aliphatic heterocycles. The summed E-state index contributed by atoms with van der Waals surface area (Å²) in [5, 5.41) is 1.46. The highest BCUT2D eigenvalue weighted by atomic mass is 32.1. The van der Waals surface area contributed by atoms with Gasteiger partial charge in [0.2, 0.25) is 11.8 Å². The standard InChI is InChI=1S/C21H25N3O3S/c1-4-18(25)23-8-7-21(12-23)13-24(16-6-5-14(2)9-15(16)21)19(26)10-17-22-11-20(27-3)28-17/h5-6,9,11H,4,7-8,10,12-13H2,1-3H3. The van der Waals surface area contributed by atoms with Gasteiger partial charge in [-0.3, -0.25) is 9.59 Å². The zero-order valence-electron chi connectivity index (χ0n) is 16.5. The minimum absolute atomic E-state index is 0.0410. The number of nitrogens with zero attached hydrogens (tertiary/aromatic N) is 3. The maximum absolute atomic E-state index is 13.1. The van der Waals surface area contributed by atoms with Crippen LogP contribution in [0.4, 0.5) is 5.69 Å². The first-order valence-electron chi connectivity index (χ1n) is 9.64. The number of benzene rings is 1. The summed E-state index contributed by atoms with van der Waals surface area (Å²) in [6.45, 7) is 6.04. The summed E-state index contributed by atoms with van der Waals surface area (Å²) >= 11 is 1.40. The van der Waals surface area contributed by atoms with E-state index in [0.717, 1.165) is 23.7 Å². The third-order valence-corrected chi connectivity index (χ3v) is 6.78. The van der Waals surface area contributed by atoms with Crippen LogP contribution in [-0.2, 0) is 21.4 Å². The summed E-state index contributed by atoms with van der Waals surface area (Å²) in [5.41, 5.74) is 3.19. The van der Waals surface area contributed by atoms with Gasteiger partial charge >= 0.3 is 0 Å². The Balaban J connectivity index is 1.62. The molecule has 7 heteroatoms. The molecule has 1 aromatic carbocycles. The fraction of sp³-hybridized carbons (Fsp3) is 0.476. The Morgan fingerprint density at radius 3 is 2.82 bits per heavy atom. The number of carbonyl (C=O) groups excluding carboxylic acids is 2. The Morgan fingerprint density at radius 2 is 2.11 bits per heavy atom. The highest BCUT2D eigenvalue weighted by Crippen LogP contribution is 2.47. The number of thiazole rings is 1. The fourth-order valence-corrected chi connectivity index (χ4v) is 5.08. The van der Waals surface area contributed by atoms with Crippen molar-refractivity contribution in [3.8, 4) is 5.06 Å². The van der Waals surface area contributed by atoms with Crippen LogP contribution in [0.25, 0.3) is 0 Å². The third-order valence-electron chi connectivity index (χ3n) is 5.82. The lowest BCUT2D eigenvalue weighted by Crippen LogP contribution is -2.40. The van der Waals surface area contributed by atoms with E-state index >= 15 is 0 Å². The molecule has 2 amide bonds. The van der Waals surface area contributed by atoms with Crippen molar-refractivity contribution < 1.29 is 14.3 Å². The number of amides is 2. The summed E-state index contributed by atoms with van der Waals surface area (Å²) in [4.78, 5) is 33.5. The first kappa shape index (κ1) is 18.9. The van der Waals surface area contributed by atoms with E-state index in [9.17, 15) is 9.59 Å². The third kappa shape index (κ3) is 3.17. The van der Waals surface area contributed by atoms with Crippen molar-refractivity contribution >= 4 is 28.8 Å². The lowest BCUT2D eigenvalue weighted by molar-refractivity contribution is -0.130. The van der Waals surface area contributed by atoms with Crippen molar-refractivity contribution in [1.82, 2.24) is 9.88 Å². The lowest BCUT2D eigenvalue weighted by Gasteiger charge is -2.25. The maximum Gasteiger partial charge on any atom is 0.233 e. The number of hydrogen-bond acceptors (Lipinski definition) is 5. The summed E-state index contributed by atoms with van der Waals surface area (Å²) in [6, 6.07) is 6.29. The van der Waals surface area contributed by atoms with Crippen molar-refractivity contribution in [3.05, 3.63) is 40.5 Å². The molecule has 0 aliphatic carbocycles. The van der Waals surface area contributed by atoms with Gasteiger partial charge in [-0.15, -0.1) is 0 Å². The van der Waals surface area contributed by atoms with Crippen molar-refractivity contribution in [2.45, 2.75) is 38.5 Å². The summed E-state index contributed by atoms with van der Waals surface area (Å²) in [7, 11) is 1.60. The average Bonchev–Trinajstić information content (AvgIpc) is 3.40. The number of carbonyl (C=O) groups is 2. The molecule has 2 aromatic rings. The molecular formula is C21H25N3O3S. The molecule has 3 heterocycles. The Morgan fingerprint density at radius 1 is 1.29 bits per heavy atom. The highest BCUT2D eigenvalue weighted by molar-refractivity contribution is 7.13. The molecule has 28 heavy (non-hydrogen) atoms. The SMILES string of the molecule is CCC(=O)N1CCC2(C1)CN(C(=O)Cc1ncc(OC)s1)c1ccc(C)cc12. The van der Waals surface area contributed by atoms with Gasteiger partial charge in [-0.05, 0) is 25.0 Å². The molecule has 0 bridgehead atoms. The second-order valence-corrected chi connectivity index (χ2v) is 8.73. The molecule has 1 aromatic heterocycles. The molecule has 1 atom stereocenters. The van der Waals surface area contributed by atoms with Crippen LogP contribution in [0.3, 0.4) is 0 Å². The molecule has 0 radical (unpaired) electrons. The number of hydrogen-bond donors (Lipinski definition) is 0.